The van der Waals surface area contributed by atoms with Gasteiger partial charge in [-0.15, -0.1) is 11.8 Å². The van der Waals surface area contributed by atoms with Crippen LogP contribution in [0.25, 0.3) is 16.9 Å². The topological polar surface area (TPSA) is 76.5 Å². The molecule has 206 valence electrons. The van der Waals surface area contributed by atoms with E-state index in [0.717, 1.165) is 58.6 Å². The number of benzene rings is 2. The Kier molecular flexibility index (Phi) is 7.78. The van der Waals surface area contributed by atoms with Crippen LogP contribution in [0.4, 0.5) is 5.82 Å². The van der Waals surface area contributed by atoms with E-state index in [1.54, 1.807) is 28.0 Å². The molecule has 0 radical (unpaired) electrons. The Morgan fingerprint density at radius 1 is 1.15 bits per heavy atom. The zero-order chi connectivity index (χ0) is 27.6. The van der Waals surface area contributed by atoms with E-state index in [9.17, 15) is 9.59 Å². The van der Waals surface area contributed by atoms with Crippen molar-refractivity contribution in [2.45, 2.75) is 38.0 Å². The average Bonchev–Trinajstić information content (AvgIpc) is 3.72. The molecular weight excluding hydrogens is 541 g/mol. The van der Waals surface area contributed by atoms with Gasteiger partial charge in [0.05, 0.1) is 28.5 Å². The number of amides is 2. The molecule has 4 heterocycles. The van der Waals surface area contributed by atoms with E-state index in [4.69, 9.17) is 9.84 Å². The molecule has 2 aromatic heterocycles. The summed E-state index contributed by atoms with van der Waals surface area (Å²) < 4.78 is 7.56. The molecule has 1 fully saturated rings. The number of ether oxygens (including phenoxy) is 1. The fourth-order valence-corrected chi connectivity index (χ4v) is 7.42. The molecular formula is C31H32N4O3S2. The van der Waals surface area contributed by atoms with Crippen molar-refractivity contribution < 1.29 is 14.3 Å². The van der Waals surface area contributed by atoms with Gasteiger partial charge in [-0.3, -0.25) is 14.5 Å². The van der Waals surface area contributed by atoms with Crippen LogP contribution in [0, 0.1) is 13.8 Å². The SMILES string of the molecule is Cc1ccc(-n2nc(-c3ccccc3)c3c2N(CC(=O)NC[C@@H]2CCCO2)C(=O)CS[C@H]3c2ccsc2)c(C)c1. The zero-order valence-electron chi connectivity index (χ0n) is 22.6. The minimum absolute atomic E-state index is 0.0308. The zero-order valence-corrected chi connectivity index (χ0v) is 24.3. The number of thioether (sulfide) groups is 1. The van der Waals surface area contributed by atoms with Gasteiger partial charge in [0.1, 0.15) is 12.4 Å². The summed E-state index contributed by atoms with van der Waals surface area (Å²) in [5.74, 6) is 0.601. The molecule has 4 aromatic rings. The lowest BCUT2D eigenvalue weighted by molar-refractivity contribution is -0.123. The van der Waals surface area contributed by atoms with Crippen LogP contribution in [0.3, 0.4) is 0 Å². The highest BCUT2D eigenvalue weighted by atomic mass is 32.2. The molecule has 40 heavy (non-hydrogen) atoms. The summed E-state index contributed by atoms with van der Waals surface area (Å²) in [6, 6.07) is 18.4. The number of carbonyl (C=O) groups excluding carboxylic acids is 2. The van der Waals surface area contributed by atoms with E-state index in [1.807, 2.05) is 28.9 Å². The number of hydrogen-bond acceptors (Lipinski definition) is 6. The molecule has 1 N–H and O–H groups in total. The first-order valence-electron chi connectivity index (χ1n) is 13.6. The van der Waals surface area contributed by atoms with Crippen LogP contribution in [-0.2, 0) is 14.3 Å². The Labute approximate surface area is 242 Å². The first-order valence-corrected chi connectivity index (χ1v) is 15.6. The number of anilines is 1. The number of hydrogen-bond donors (Lipinski definition) is 1. The maximum Gasteiger partial charge on any atom is 0.240 e. The Morgan fingerprint density at radius 2 is 2.00 bits per heavy atom. The van der Waals surface area contributed by atoms with Gasteiger partial charge >= 0.3 is 0 Å². The van der Waals surface area contributed by atoms with Crippen LogP contribution in [0.2, 0.25) is 0 Å². The molecule has 2 aliphatic rings. The molecule has 0 unspecified atom stereocenters. The molecule has 0 spiro atoms. The molecule has 0 aliphatic carbocycles. The number of carbonyl (C=O) groups is 2. The van der Waals surface area contributed by atoms with Crippen LogP contribution in [0.15, 0.2) is 65.4 Å². The summed E-state index contributed by atoms with van der Waals surface area (Å²) in [6.45, 7) is 5.22. The third-order valence-electron chi connectivity index (χ3n) is 7.42. The molecule has 2 atom stereocenters. The van der Waals surface area contributed by atoms with Gasteiger partial charge in [0.2, 0.25) is 11.8 Å². The second-order valence-electron chi connectivity index (χ2n) is 10.3. The summed E-state index contributed by atoms with van der Waals surface area (Å²) >= 11 is 3.23. The Balaban J connectivity index is 1.52. The summed E-state index contributed by atoms with van der Waals surface area (Å²) in [5.41, 5.74) is 6.95. The Bertz CT molecular complexity index is 1510. The van der Waals surface area contributed by atoms with Crippen molar-refractivity contribution in [3.63, 3.8) is 0 Å². The lowest BCUT2D eigenvalue weighted by atomic mass is 10.0. The van der Waals surface area contributed by atoms with Crippen molar-refractivity contribution in [3.8, 4) is 16.9 Å². The van der Waals surface area contributed by atoms with Crippen molar-refractivity contribution in [3.05, 3.63) is 87.6 Å². The number of rotatable bonds is 7. The van der Waals surface area contributed by atoms with Crippen LogP contribution in [-0.4, -0.2) is 53.1 Å². The summed E-state index contributed by atoms with van der Waals surface area (Å²) in [7, 11) is 0. The smallest absolute Gasteiger partial charge is 0.240 e. The van der Waals surface area contributed by atoms with Gasteiger partial charge < -0.3 is 10.1 Å². The van der Waals surface area contributed by atoms with Gasteiger partial charge in [-0.2, -0.15) is 16.4 Å². The first-order chi connectivity index (χ1) is 19.5. The highest BCUT2D eigenvalue weighted by molar-refractivity contribution is 8.00. The average molecular weight is 573 g/mol. The number of aromatic nitrogens is 2. The first kappa shape index (κ1) is 26.8. The number of thiophene rings is 1. The monoisotopic (exact) mass is 572 g/mol. The van der Waals surface area contributed by atoms with Crippen molar-refractivity contribution in [2.75, 3.05) is 30.3 Å². The third-order valence-corrected chi connectivity index (χ3v) is 9.37. The molecule has 0 saturated carbocycles. The quantitative estimate of drug-likeness (QED) is 0.308. The molecule has 1 saturated heterocycles. The van der Waals surface area contributed by atoms with Crippen molar-refractivity contribution in [1.29, 1.82) is 0 Å². The second-order valence-corrected chi connectivity index (χ2v) is 12.2. The maximum absolute atomic E-state index is 13.8. The molecule has 0 bridgehead atoms. The number of nitrogens with zero attached hydrogens (tertiary/aromatic N) is 3. The highest BCUT2D eigenvalue weighted by Gasteiger charge is 2.38. The van der Waals surface area contributed by atoms with Gasteiger partial charge in [-0.1, -0.05) is 48.0 Å². The van der Waals surface area contributed by atoms with Crippen LogP contribution in [0.5, 0.6) is 0 Å². The van der Waals surface area contributed by atoms with E-state index in [0.29, 0.717) is 12.4 Å². The van der Waals surface area contributed by atoms with Crippen LogP contribution >= 0.6 is 23.1 Å². The molecule has 9 heteroatoms. The van der Waals surface area contributed by atoms with Gasteiger partial charge in [0.15, 0.2) is 0 Å². The van der Waals surface area contributed by atoms with Crippen molar-refractivity contribution in [2.24, 2.45) is 0 Å². The minimum Gasteiger partial charge on any atom is -0.376 e. The second kappa shape index (κ2) is 11.6. The third kappa shape index (κ3) is 5.33. The largest absolute Gasteiger partial charge is 0.376 e. The number of nitrogens with one attached hydrogen (secondary N) is 1. The normalized spacial score (nSPS) is 18.9. The molecule has 2 aromatic carbocycles. The Hall–Kier alpha value is -3.40. The molecule has 6 rings (SSSR count). The van der Waals surface area contributed by atoms with Gasteiger partial charge in [-0.25, -0.2) is 4.68 Å². The number of aryl methyl sites for hydroxylation is 2. The van der Waals surface area contributed by atoms with Gasteiger partial charge in [0, 0.05) is 24.3 Å². The lowest BCUT2D eigenvalue weighted by Gasteiger charge is -2.24. The lowest BCUT2D eigenvalue weighted by Crippen LogP contribution is -2.44. The van der Waals surface area contributed by atoms with E-state index in [1.165, 1.54) is 0 Å². The highest BCUT2D eigenvalue weighted by Crippen LogP contribution is 2.49. The van der Waals surface area contributed by atoms with Gasteiger partial charge in [0.25, 0.3) is 0 Å². The van der Waals surface area contributed by atoms with E-state index in [2.05, 4.69) is 60.3 Å². The predicted octanol–water partition coefficient (Wildman–Crippen LogP) is 5.68. The van der Waals surface area contributed by atoms with E-state index >= 15 is 0 Å². The van der Waals surface area contributed by atoms with E-state index < -0.39 is 0 Å². The van der Waals surface area contributed by atoms with Crippen LogP contribution in [0.1, 0.15) is 40.3 Å². The minimum atomic E-state index is -0.205. The summed E-state index contributed by atoms with van der Waals surface area (Å²) in [6.07, 6.45) is 1.97. The predicted molar refractivity (Wildman–Crippen MR) is 161 cm³/mol. The Morgan fingerprint density at radius 3 is 2.73 bits per heavy atom. The fraction of sp³-hybridized carbons (Fsp3) is 0.323. The molecule has 2 amide bonds. The summed E-state index contributed by atoms with van der Waals surface area (Å²) in [4.78, 5) is 28.7. The van der Waals surface area contributed by atoms with E-state index in [-0.39, 0.29) is 35.5 Å². The van der Waals surface area contributed by atoms with Crippen LogP contribution < -0.4 is 10.2 Å². The molecule has 7 nitrogen and oxygen atoms in total. The summed E-state index contributed by atoms with van der Waals surface area (Å²) in [5, 5.41) is 12.3. The van der Waals surface area contributed by atoms with Gasteiger partial charge in [-0.05, 0) is 60.7 Å². The van der Waals surface area contributed by atoms with Crippen molar-refractivity contribution in [1.82, 2.24) is 15.1 Å². The molecule has 2 aliphatic heterocycles. The van der Waals surface area contributed by atoms with Crippen molar-refractivity contribution >= 4 is 40.7 Å². The maximum atomic E-state index is 13.8. The number of fused-ring (bicyclic) bond motifs is 1. The fourth-order valence-electron chi connectivity index (χ4n) is 5.46. The standard InChI is InChI=1S/C31H32N4O3S2/c1-20-10-11-25(21(2)15-20)35-31-28(29(33-35)22-7-4-3-5-8-22)30(23-12-14-39-18-23)40-19-27(37)34(31)17-26(36)32-16-24-9-6-13-38-24/h3-5,7-8,10-12,14-15,18,24,30H,6,9,13,16-17,19H2,1-2H3,(H,32,36)/t24-,30-/m0/s1.